The van der Waals surface area contributed by atoms with Crippen molar-refractivity contribution in [2.45, 2.75) is 31.6 Å². The lowest BCUT2D eigenvalue weighted by atomic mass is 10.1. The van der Waals surface area contributed by atoms with Crippen LogP contribution in [0.15, 0.2) is 41.1 Å². The number of carbonyl (C=O) groups is 1. The molecule has 2 aromatic rings. The summed E-state index contributed by atoms with van der Waals surface area (Å²) in [6, 6.07) is 6.56. The van der Waals surface area contributed by atoms with Gasteiger partial charge in [-0.15, -0.1) is 0 Å². The van der Waals surface area contributed by atoms with Crippen molar-refractivity contribution in [3.05, 3.63) is 52.2 Å². The van der Waals surface area contributed by atoms with Gasteiger partial charge < -0.3 is 10.2 Å². The lowest BCUT2D eigenvalue weighted by molar-refractivity contribution is -0.136. The van der Waals surface area contributed by atoms with E-state index in [4.69, 9.17) is 0 Å². The Bertz CT molecular complexity index is 681. The fourth-order valence-electron chi connectivity index (χ4n) is 2.36. The van der Waals surface area contributed by atoms with E-state index in [1.54, 1.807) is 4.90 Å². The highest BCUT2D eigenvalue weighted by molar-refractivity contribution is 7.07. The summed E-state index contributed by atoms with van der Waals surface area (Å²) >= 11 is 1.53. The molecule has 0 atom stereocenters. The van der Waals surface area contributed by atoms with Crippen LogP contribution in [0.4, 0.5) is 23.7 Å². The number of alkyl halides is 3. The highest BCUT2D eigenvalue weighted by Gasteiger charge is 2.36. The number of rotatable bonds is 4. The number of halogens is 3. The summed E-state index contributed by atoms with van der Waals surface area (Å²) in [5.41, 5.74) is -0.0539. The maximum Gasteiger partial charge on any atom is 0.418 e. The van der Waals surface area contributed by atoms with Gasteiger partial charge in [0, 0.05) is 12.6 Å². The second-order valence-corrected chi connectivity index (χ2v) is 6.24. The Morgan fingerprint density at radius 3 is 2.61 bits per heavy atom. The van der Waals surface area contributed by atoms with Crippen molar-refractivity contribution in [3.8, 4) is 0 Å². The van der Waals surface area contributed by atoms with Crippen LogP contribution in [0.2, 0.25) is 0 Å². The Morgan fingerprint density at radius 1 is 1.26 bits per heavy atom. The van der Waals surface area contributed by atoms with Gasteiger partial charge in [0.1, 0.15) is 0 Å². The maximum atomic E-state index is 13.0. The molecule has 1 heterocycles. The molecule has 0 radical (unpaired) electrons. The van der Waals surface area contributed by atoms with E-state index >= 15 is 0 Å². The van der Waals surface area contributed by atoms with Crippen LogP contribution in [0.25, 0.3) is 0 Å². The molecule has 1 aliphatic rings. The van der Waals surface area contributed by atoms with Crippen molar-refractivity contribution in [2.24, 2.45) is 0 Å². The molecule has 1 saturated carbocycles. The first-order valence-electron chi connectivity index (χ1n) is 7.20. The summed E-state index contributed by atoms with van der Waals surface area (Å²) in [6.07, 6.45) is -2.72. The average molecular weight is 340 g/mol. The Balaban J connectivity index is 1.77. The first-order chi connectivity index (χ1) is 10.9. The number of hydrogen-bond acceptors (Lipinski definition) is 2. The van der Waals surface area contributed by atoms with Crippen LogP contribution >= 0.6 is 11.3 Å². The number of carbonyl (C=O) groups excluding carboxylic acids is 1. The molecule has 3 nitrogen and oxygen atoms in total. The van der Waals surface area contributed by atoms with E-state index in [2.05, 4.69) is 5.32 Å². The van der Waals surface area contributed by atoms with Crippen LogP contribution in [0.1, 0.15) is 24.0 Å². The van der Waals surface area contributed by atoms with Crippen molar-refractivity contribution in [1.29, 1.82) is 0 Å². The van der Waals surface area contributed by atoms with Gasteiger partial charge in [0.25, 0.3) is 0 Å². The summed E-state index contributed by atoms with van der Waals surface area (Å²) in [4.78, 5) is 14.1. The van der Waals surface area contributed by atoms with E-state index < -0.39 is 17.8 Å². The summed E-state index contributed by atoms with van der Waals surface area (Å²) in [7, 11) is 0. The van der Waals surface area contributed by atoms with E-state index in [9.17, 15) is 18.0 Å². The third-order valence-electron chi connectivity index (χ3n) is 3.66. The lowest BCUT2D eigenvalue weighted by Gasteiger charge is -2.23. The van der Waals surface area contributed by atoms with Crippen LogP contribution in [-0.4, -0.2) is 17.0 Å². The zero-order chi connectivity index (χ0) is 16.4. The molecule has 122 valence electrons. The van der Waals surface area contributed by atoms with Crippen molar-refractivity contribution < 1.29 is 18.0 Å². The van der Waals surface area contributed by atoms with Crippen molar-refractivity contribution >= 4 is 23.1 Å². The van der Waals surface area contributed by atoms with E-state index in [0.29, 0.717) is 6.54 Å². The third kappa shape index (κ3) is 3.85. The number of para-hydroxylation sites is 1. The number of hydrogen-bond donors (Lipinski definition) is 1. The average Bonchev–Trinajstić information content (AvgIpc) is 3.20. The van der Waals surface area contributed by atoms with Gasteiger partial charge in [-0.2, -0.15) is 24.5 Å². The van der Waals surface area contributed by atoms with Gasteiger partial charge in [0.15, 0.2) is 0 Å². The molecule has 0 saturated heterocycles. The second kappa shape index (κ2) is 6.23. The Labute approximate surface area is 135 Å². The van der Waals surface area contributed by atoms with E-state index in [-0.39, 0.29) is 11.7 Å². The molecular formula is C16H15F3N2OS. The predicted molar refractivity (Wildman–Crippen MR) is 83.3 cm³/mol. The highest BCUT2D eigenvalue weighted by Crippen LogP contribution is 2.35. The summed E-state index contributed by atoms with van der Waals surface area (Å²) in [5.74, 6) is 0. The Kier molecular flexibility index (Phi) is 4.30. The van der Waals surface area contributed by atoms with Gasteiger partial charge in [-0.25, -0.2) is 4.79 Å². The molecular weight excluding hydrogens is 325 g/mol. The maximum absolute atomic E-state index is 13.0. The summed E-state index contributed by atoms with van der Waals surface area (Å²) in [6.45, 7) is 0.411. The lowest BCUT2D eigenvalue weighted by Crippen LogP contribution is -2.36. The van der Waals surface area contributed by atoms with Gasteiger partial charge in [0.05, 0.1) is 11.3 Å². The van der Waals surface area contributed by atoms with Crippen molar-refractivity contribution in [2.75, 3.05) is 5.32 Å². The number of amides is 2. The van der Waals surface area contributed by atoms with Gasteiger partial charge in [-0.3, -0.25) is 0 Å². The van der Waals surface area contributed by atoms with Gasteiger partial charge in [0.2, 0.25) is 0 Å². The predicted octanol–water partition coefficient (Wildman–Crippen LogP) is 4.96. The number of nitrogens with one attached hydrogen (secondary N) is 1. The first-order valence-corrected chi connectivity index (χ1v) is 8.14. The van der Waals surface area contributed by atoms with E-state index in [1.165, 1.54) is 29.5 Å². The molecule has 0 unspecified atom stereocenters. The molecule has 1 aromatic carbocycles. The molecule has 1 N–H and O–H groups in total. The van der Waals surface area contributed by atoms with Crippen LogP contribution in [-0.2, 0) is 12.7 Å². The molecule has 1 aliphatic carbocycles. The number of urea groups is 1. The van der Waals surface area contributed by atoms with Gasteiger partial charge in [-0.1, -0.05) is 12.1 Å². The van der Waals surface area contributed by atoms with E-state index in [1.807, 2.05) is 16.8 Å². The molecule has 1 fully saturated rings. The quantitative estimate of drug-likeness (QED) is 0.838. The molecule has 0 spiro atoms. The second-order valence-electron chi connectivity index (χ2n) is 5.46. The molecule has 2 amide bonds. The van der Waals surface area contributed by atoms with Crippen molar-refractivity contribution in [1.82, 2.24) is 4.90 Å². The van der Waals surface area contributed by atoms with Crippen molar-refractivity contribution in [3.63, 3.8) is 0 Å². The SMILES string of the molecule is O=C(Nc1ccccc1C(F)(F)F)N(Cc1ccsc1)C1CC1. The third-order valence-corrected chi connectivity index (χ3v) is 4.39. The van der Waals surface area contributed by atoms with Crippen LogP contribution in [0.5, 0.6) is 0 Å². The molecule has 7 heteroatoms. The van der Waals surface area contributed by atoms with Gasteiger partial charge >= 0.3 is 12.2 Å². The van der Waals surface area contributed by atoms with Gasteiger partial charge in [-0.05, 0) is 47.4 Å². The Hall–Kier alpha value is -2.02. The standard InChI is InChI=1S/C16H15F3N2OS/c17-16(18,19)13-3-1-2-4-14(13)20-15(22)21(12-5-6-12)9-11-7-8-23-10-11/h1-4,7-8,10,12H,5-6,9H2,(H,20,22). The topological polar surface area (TPSA) is 32.3 Å². The number of benzene rings is 1. The number of anilines is 1. The molecule has 23 heavy (non-hydrogen) atoms. The van der Waals surface area contributed by atoms with Crippen LogP contribution in [0, 0.1) is 0 Å². The smallest absolute Gasteiger partial charge is 0.317 e. The summed E-state index contributed by atoms with van der Waals surface area (Å²) < 4.78 is 39.0. The fraction of sp³-hybridized carbons (Fsp3) is 0.312. The minimum Gasteiger partial charge on any atom is -0.317 e. The molecule has 1 aromatic heterocycles. The van der Waals surface area contributed by atoms with Crippen LogP contribution in [0.3, 0.4) is 0 Å². The zero-order valence-corrected chi connectivity index (χ0v) is 13.0. The first kappa shape index (κ1) is 15.9. The largest absolute Gasteiger partial charge is 0.418 e. The Morgan fingerprint density at radius 2 is 2.00 bits per heavy atom. The highest BCUT2D eigenvalue weighted by atomic mass is 32.1. The number of nitrogens with zero attached hydrogens (tertiary/aromatic N) is 1. The minimum atomic E-state index is -4.50. The monoisotopic (exact) mass is 340 g/mol. The van der Waals surface area contributed by atoms with E-state index in [0.717, 1.165) is 24.5 Å². The molecule has 0 bridgehead atoms. The van der Waals surface area contributed by atoms with Crippen LogP contribution < -0.4 is 5.32 Å². The number of thiophene rings is 1. The molecule has 3 rings (SSSR count). The summed E-state index contributed by atoms with van der Waals surface area (Å²) in [5, 5.41) is 6.27. The zero-order valence-electron chi connectivity index (χ0n) is 12.1. The molecule has 0 aliphatic heterocycles. The fourth-order valence-corrected chi connectivity index (χ4v) is 3.02. The normalized spacial score (nSPS) is 14.6. The minimum absolute atomic E-state index is 0.105.